The summed E-state index contributed by atoms with van der Waals surface area (Å²) in [5, 5.41) is 27.3. The maximum absolute atomic E-state index is 9.68. The Bertz CT molecular complexity index is 365. The zero-order valence-electron chi connectivity index (χ0n) is 9.00. The van der Waals surface area contributed by atoms with Crippen molar-refractivity contribution in [2.24, 2.45) is 4.99 Å². The molecular formula is C11H15NO4. The Morgan fingerprint density at radius 2 is 2.25 bits per heavy atom. The second-order valence-electron chi connectivity index (χ2n) is 3.23. The van der Waals surface area contributed by atoms with Crippen molar-refractivity contribution in [2.45, 2.75) is 6.10 Å². The monoisotopic (exact) mass is 225 g/mol. The van der Waals surface area contributed by atoms with Gasteiger partial charge in [0.15, 0.2) is 11.5 Å². The van der Waals surface area contributed by atoms with Gasteiger partial charge in [0, 0.05) is 11.8 Å². The molecule has 0 radical (unpaired) electrons. The van der Waals surface area contributed by atoms with Crippen LogP contribution in [0.5, 0.6) is 11.5 Å². The zero-order valence-corrected chi connectivity index (χ0v) is 9.00. The highest BCUT2D eigenvalue weighted by atomic mass is 16.5. The molecule has 3 N–H and O–H groups in total. The van der Waals surface area contributed by atoms with E-state index < -0.39 is 6.10 Å². The summed E-state index contributed by atoms with van der Waals surface area (Å²) in [6.07, 6.45) is 0.556. The first kappa shape index (κ1) is 12.5. The highest BCUT2D eigenvalue weighted by Gasteiger charge is 2.05. The number of hydrogen-bond donors (Lipinski definition) is 3. The van der Waals surface area contributed by atoms with Gasteiger partial charge in [-0.05, 0) is 12.1 Å². The van der Waals surface area contributed by atoms with Crippen LogP contribution in [0.3, 0.4) is 0 Å². The van der Waals surface area contributed by atoms with Gasteiger partial charge in [-0.1, -0.05) is 6.07 Å². The van der Waals surface area contributed by atoms with E-state index in [0.717, 1.165) is 0 Å². The van der Waals surface area contributed by atoms with Crippen LogP contribution in [0.2, 0.25) is 0 Å². The molecule has 0 spiro atoms. The van der Waals surface area contributed by atoms with Gasteiger partial charge in [0.1, 0.15) is 0 Å². The fourth-order valence-electron chi connectivity index (χ4n) is 1.14. The van der Waals surface area contributed by atoms with Crippen molar-refractivity contribution in [3.05, 3.63) is 23.8 Å². The minimum absolute atomic E-state index is 0.00670. The van der Waals surface area contributed by atoms with E-state index in [1.165, 1.54) is 13.3 Å². The first-order valence-electron chi connectivity index (χ1n) is 4.83. The summed E-state index contributed by atoms with van der Waals surface area (Å²) in [6.45, 7) is -0.241. The van der Waals surface area contributed by atoms with Crippen LogP contribution in [0.15, 0.2) is 23.2 Å². The summed E-state index contributed by atoms with van der Waals surface area (Å²) in [5.41, 5.74) is 0.504. The molecule has 0 aliphatic heterocycles. The molecule has 0 bridgehead atoms. The summed E-state index contributed by atoms with van der Waals surface area (Å²) >= 11 is 0. The highest BCUT2D eigenvalue weighted by Crippen LogP contribution is 2.27. The van der Waals surface area contributed by atoms with E-state index in [1.54, 1.807) is 18.2 Å². The number of phenolic OH excluding ortho intramolecular Hbond substituents is 1. The second-order valence-corrected chi connectivity index (χ2v) is 3.23. The van der Waals surface area contributed by atoms with E-state index in [0.29, 0.717) is 11.3 Å². The van der Waals surface area contributed by atoms with Gasteiger partial charge in [0.2, 0.25) is 0 Å². The summed E-state index contributed by atoms with van der Waals surface area (Å²) in [4.78, 5) is 3.90. The van der Waals surface area contributed by atoms with Gasteiger partial charge in [-0.2, -0.15) is 0 Å². The van der Waals surface area contributed by atoms with E-state index in [9.17, 15) is 5.11 Å². The summed E-state index contributed by atoms with van der Waals surface area (Å²) in [5.74, 6) is 0.374. The van der Waals surface area contributed by atoms with Crippen molar-refractivity contribution in [3.8, 4) is 11.5 Å². The first-order chi connectivity index (χ1) is 7.69. The number of para-hydroxylation sites is 1. The third-order valence-corrected chi connectivity index (χ3v) is 2.01. The van der Waals surface area contributed by atoms with Crippen molar-refractivity contribution in [3.63, 3.8) is 0 Å². The molecule has 16 heavy (non-hydrogen) atoms. The molecule has 1 aromatic carbocycles. The van der Waals surface area contributed by atoms with Gasteiger partial charge in [-0.25, -0.2) is 0 Å². The minimum atomic E-state index is -0.871. The average molecular weight is 225 g/mol. The summed E-state index contributed by atoms with van der Waals surface area (Å²) in [7, 11) is 1.46. The number of aliphatic hydroxyl groups excluding tert-OH is 2. The van der Waals surface area contributed by atoms with Crippen LogP contribution in [-0.4, -0.2) is 47.9 Å². The predicted molar refractivity (Wildman–Crippen MR) is 60.2 cm³/mol. The van der Waals surface area contributed by atoms with E-state index in [1.807, 2.05) is 0 Å². The van der Waals surface area contributed by atoms with Gasteiger partial charge in [0.25, 0.3) is 0 Å². The molecule has 0 saturated carbocycles. The molecule has 1 atom stereocenters. The molecule has 88 valence electrons. The molecule has 5 nitrogen and oxygen atoms in total. The van der Waals surface area contributed by atoms with Crippen LogP contribution in [0.25, 0.3) is 0 Å². The largest absolute Gasteiger partial charge is 0.504 e. The van der Waals surface area contributed by atoms with Crippen molar-refractivity contribution in [1.29, 1.82) is 0 Å². The minimum Gasteiger partial charge on any atom is -0.504 e. The van der Waals surface area contributed by atoms with Crippen molar-refractivity contribution >= 4 is 6.21 Å². The van der Waals surface area contributed by atoms with Gasteiger partial charge in [-0.3, -0.25) is 4.99 Å². The normalized spacial score (nSPS) is 12.9. The SMILES string of the molecule is COc1cccc(C=NCC(O)CO)c1O. The Balaban J connectivity index is 2.73. The van der Waals surface area contributed by atoms with E-state index in [2.05, 4.69) is 4.99 Å². The number of aromatic hydroxyl groups is 1. The van der Waals surface area contributed by atoms with Crippen LogP contribution in [0.4, 0.5) is 0 Å². The summed E-state index contributed by atoms with van der Waals surface area (Å²) < 4.78 is 4.93. The van der Waals surface area contributed by atoms with Crippen molar-refractivity contribution in [1.82, 2.24) is 0 Å². The van der Waals surface area contributed by atoms with Crippen molar-refractivity contribution in [2.75, 3.05) is 20.3 Å². The topological polar surface area (TPSA) is 82.3 Å². The zero-order chi connectivity index (χ0) is 12.0. The second kappa shape index (κ2) is 6.09. The highest BCUT2D eigenvalue weighted by molar-refractivity contribution is 5.84. The standard InChI is InChI=1S/C11H15NO4/c1-16-10-4-2-3-8(11(10)15)5-12-6-9(14)7-13/h2-5,9,13-15H,6-7H2,1H3. The molecule has 1 unspecified atom stereocenters. The smallest absolute Gasteiger partial charge is 0.166 e. The molecule has 0 heterocycles. The number of aliphatic hydroxyl groups is 2. The van der Waals surface area contributed by atoms with Crippen LogP contribution in [-0.2, 0) is 0 Å². The van der Waals surface area contributed by atoms with Crippen molar-refractivity contribution < 1.29 is 20.1 Å². The number of ether oxygens (including phenoxy) is 1. The van der Waals surface area contributed by atoms with Crippen LogP contribution in [0, 0.1) is 0 Å². The fraction of sp³-hybridized carbons (Fsp3) is 0.364. The van der Waals surface area contributed by atoms with E-state index in [-0.39, 0.29) is 18.9 Å². The first-order valence-corrected chi connectivity index (χ1v) is 4.83. The fourth-order valence-corrected chi connectivity index (χ4v) is 1.14. The molecule has 0 aromatic heterocycles. The Morgan fingerprint density at radius 1 is 1.50 bits per heavy atom. The van der Waals surface area contributed by atoms with E-state index in [4.69, 9.17) is 14.9 Å². The third kappa shape index (κ3) is 3.22. The Morgan fingerprint density at radius 3 is 2.88 bits per heavy atom. The quantitative estimate of drug-likeness (QED) is 0.624. The molecule has 0 saturated heterocycles. The van der Waals surface area contributed by atoms with Gasteiger partial charge in [-0.15, -0.1) is 0 Å². The number of benzene rings is 1. The maximum atomic E-state index is 9.68. The lowest BCUT2D eigenvalue weighted by atomic mass is 10.2. The van der Waals surface area contributed by atoms with E-state index >= 15 is 0 Å². The molecule has 0 aliphatic rings. The van der Waals surface area contributed by atoms with Gasteiger partial charge in [0.05, 0.1) is 26.4 Å². The van der Waals surface area contributed by atoms with Crippen LogP contribution in [0.1, 0.15) is 5.56 Å². The number of rotatable bonds is 5. The van der Waals surface area contributed by atoms with Crippen LogP contribution >= 0.6 is 0 Å². The van der Waals surface area contributed by atoms with Gasteiger partial charge < -0.3 is 20.1 Å². The lowest BCUT2D eigenvalue weighted by molar-refractivity contribution is 0.102. The van der Waals surface area contributed by atoms with Crippen LogP contribution < -0.4 is 4.74 Å². The molecule has 5 heteroatoms. The number of hydrogen-bond acceptors (Lipinski definition) is 5. The number of methoxy groups -OCH3 is 1. The molecule has 0 aliphatic carbocycles. The lowest BCUT2D eigenvalue weighted by Gasteiger charge is -2.05. The Kier molecular flexibility index (Phi) is 4.75. The number of nitrogens with zero attached hydrogens (tertiary/aromatic N) is 1. The summed E-state index contributed by atoms with van der Waals surface area (Å²) in [6, 6.07) is 5.03. The predicted octanol–water partition coefficient (Wildman–Crippen LogP) is 0.173. The third-order valence-electron chi connectivity index (χ3n) is 2.01. The number of phenols is 1. The Hall–Kier alpha value is -1.59. The molecule has 1 rings (SSSR count). The Labute approximate surface area is 93.6 Å². The average Bonchev–Trinajstić information content (AvgIpc) is 2.31. The molecular weight excluding hydrogens is 210 g/mol. The lowest BCUT2D eigenvalue weighted by Crippen LogP contribution is -2.15. The van der Waals surface area contributed by atoms with Gasteiger partial charge >= 0.3 is 0 Å². The number of aliphatic imine (C=N–C) groups is 1. The molecule has 1 aromatic rings. The molecule has 0 amide bonds. The maximum Gasteiger partial charge on any atom is 0.166 e. The molecule has 0 fully saturated rings.